The Hall–Kier alpha value is -3.28. The first kappa shape index (κ1) is 21.0. The number of hydrazone groups is 1. The van der Waals surface area contributed by atoms with Crippen LogP contribution in [-0.2, 0) is 6.42 Å². The number of carbonyl (C=O) groups is 1. The monoisotopic (exact) mass is 381 g/mol. The predicted molar refractivity (Wildman–Crippen MR) is 114 cm³/mol. The lowest BCUT2D eigenvalue weighted by molar-refractivity contribution is 0.252. The first-order valence-electron chi connectivity index (χ1n) is 9.28. The number of hydrogen-bond donors (Lipinski definition) is 2. The maximum atomic E-state index is 12.0. The Bertz CT molecular complexity index is 847. The fourth-order valence-electron chi connectivity index (χ4n) is 2.66. The Kier molecular flexibility index (Phi) is 8.09. The molecule has 0 saturated heterocycles. The van der Waals surface area contributed by atoms with Crippen LogP contribution in [0.15, 0.2) is 54.2 Å². The van der Waals surface area contributed by atoms with Gasteiger partial charge in [-0.05, 0) is 56.5 Å². The first-order chi connectivity index (χ1) is 13.6. The number of carbonyl (C=O) groups excluding carboxylic acids is 1. The van der Waals surface area contributed by atoms with Gasteiger partial charge >= 0.3 is 6.03 Å². The molecule has 0 aliphatic carbocycles. The lowest BCUT2D eigenvalue weighted by atomic mass is 10.1. The third-order valence-electron chi connectivity index (χ3n) is 3.88. The highest BCUT2D eigenvalue weighted by atomic mass is 16.5. The van der Waals surface area contributed by atoms with Gasteiger partial charge in [-0.2, -0.15) is 5.10 Å². The van der Waals surface area contributed by atoms with E-state index in [0.29, 0.717) is 31.1 Å². The van der Waals surface area contributed by atoms with Crippen molar-refractivity contribution in [2.24, 2.45) is 5.10 Å². The number of hydrogen-bond acceptors (Lipinski definition) is 4. The maximum absolute atomic E-state index is 12.0. The molecule has 0 aliphatic heterocycles. The van der Waals surface area contributed by atoms with E-state index in [-0.39, 0.29) is 0 Å². The number of anilines is 1. The number of aryl methyl sites for hydroxylation is 1. The molecule has 0 saturated carbocycles. The molecular formula is C22H27N3O3. The van der Waals surface area contributed by atoms with Gasteiger partial charge in [0.05, 0.1) is 19.4 Å². The van der Waals surface area contributed by atoms with Crippen LogP contribution < -0.4 is 20.2 Å². The van der Waals surface area contributed by atoms with Gasteiger partial charge in [0.2, 0.25) is 0 Å². The van der Waals surface area contributed by atoms with E-state index < -0.39 is 6.03 Å². The molecule has 0 radical (unpaired) electrons. The van der Waals surface area contributed by atoms with Crippen LogP contribution in [0.1, 0.15) is 30.5 Å². The number of allylic oxidation sites excluding steroid dienone is 1. The van der Waals surface area contributed by atoms with E-state index in [4.69, 9.17) is 9.47 Å². The van der Waals surface area contributed by atoms with Gasteiger partial charge in [-0.15, -0.1) is 6.58 Å². The zero-order chi connectivity index (χ0) is 20.4. The average Bonchev–Trinajstić information content (AvgIpc) is 2.67. The number of urea groups is 1. The molecule has 2 aromatic carbocycles. The van der Waals surface area contributed by atoms with Gasteiger partial charge in [0.15, 0.2) is 11.5 Å². The number of benzene rings is 2. The number of para-hydroxylation sites is 1. The molecule has 0 unspecified atom stereocenters. The maximum Gasteiger partial charge on any atom is 0.339 e. The van der Waals surface area contributed by atoms with Crippen LogP contribution in [0.5, 0.6) is 11.5 Å². The van der Waals surface area contributed by atoms with Crippen LogP contribution in [0.25, 0.3) is 0 Å². The van der Waals surface area contributed by atoms with Crippen molar-refractivity contribution in [1.82, 2.24) is 5.43 Å². The smallest absolute Gasteiger partial charge is 0.339 e. The van der Waals surface area contributed by atoms with E-state index in [0.717, 1.165) is 22.4 Å². The Labute approximate surface area is 166 Å². The van der Waals surface area contributed by atoms with E-state index in [1.165, 1.54) is 0 Å². The minimum Gasteiger partial charge on any atom is -0.490 e. The summed E-state index contributed by atoms with van der Waals surface area (Å²) in [6.07, 6.45) is 4.02. The SMILES string of the molecule is C=CCc1cc(C=NNC(=O)Nc2ccccc2C)cc(OCC)c1OCC. The van der Waals surface area contributed by atoms with Gasteiger partial charge in [-0.25, -0.2) is 10.2 Å². The molecule has 0 fully saturated rings. The van der Waals surface area contributed by atoms with Crippen LogP contribution in [0.3, 0.4) is 0 Å². The summed E-state index contributed by atoms with van der Waals surface area (Å²) in [5.41, 5.74) is 5.94. The molecule has 148 valence electrons. The van der Waals surface area contributed by atoms with Crippen LogP contribution in [-0.4, -0.2) is 25.5 Å². The third kappa shape index (κ3) is 5.87. The van der Waals surface area contributed by atoms with E-state index in [9.17, 15) is 4.79 Å². The van der Waals surface area contributed by atoms with Crippen LogP contribution in [0.4, 0.5) is 10.5 Å². The topological polar surface area (TPSA) is 72.0 Å². The average molecular weight is 381 g/mol. The van der Waals surface area contributed by atoms with E-state index >= 15 is 0 Å². The van der Waals surface area contributed by atoms with Crippen molar-refractivity contribution < 1.29 is 14.3 Å². The second-order valence-corrected chi connectivity index (χ2v) is 6.01. The predicted octanol–water partition coefficient (Wildman–Crippen LogP) is 4.68. The number of nitrogens with one attached hydrogen (secondary N) is 2. The van der Waals surface area contributed by atoms with Crippen molar-refractivity contribution in [1.29, 1.82) is 0 Å². The second-order valence-electron chi connectivity index (χ2n) is 6.01. The minimum absolute atomic E-state index is 0.409. The molecule has 2 aromatic rings. The van der Waals surface area contributed by atoms with Crippen LogP contribution in [0.2, 0.25) is 0 Å². The van der Waals surface area contributed by atoms with Gasteiger partial charge < -0.3 is 14.8 Å². The number of amides is 2. The van der Waals surface area contributed by atoms with Crippen molar-refractivity contribution >= 4 is 17.9 Å². The van der Waals surface area contributed by atoms with Gasteiger partial charge in [0.1, 0.15) is 0 Å². The Morgan fingerprint density at radius 2 is 1.93 bits per heavy atom. The molecule has 6 heteroatoms. The summed E-state index contributed by atoms with van der Waals surface area (Å²) in [6.45, 7) is 10.6. The molecule has 2 amide bonds. The fraction of sp³-hybridized carbons (Fsp3) is 0.273. The van der Waals surface area contributed by atoms with Crippen molar-refractivity contribution in [3.05, 3.63) is 65.7 Å². The lowest BCUT2D eigenvalue weighted by Crippen LogP contribution is -2.24. The number of nitrogens with zero attached hydrogens (tertiary/aromatic N) is 1. The van der Waals surface area contributed by atoms with Gasteiger partial charge in [0, 0.05) is 11.3 Å². The van der Waals surface area contributed by atoms with Crippen LogP contribution in [0, 0.1) is 6.92 Å². The van der Waals surface area contributed by atoms with E-state index in [1.807, 2.05) is 63.2 Å². The zero-order valence-electron chi connectivity index (χ0n) is 16.6. The fourth-order valence-corrected chi connectivity index (χ4v) is 2.66. The largest absolute Gasteiger partial charge is 0.490 e. The molecule has 0 aromatic heterocycles. The molecular weight excluding hydrogens is 354 g/mol. The Morgan fingerprint density at radius 3 is 2.61 bits per heavy atom. The molecule has 2 rings (SSSR count). The van der Waals surface area contributed by atoms with E-state index in [2.05, 4.69) is 22.4 Å². The summed E-state index contributed by atoms with van der Waals surface area (Å²) in [4.78, 5) is 12.0. The van der Waals surface area contributed by atoms with Gasteiger partial charge in [-0.3, -0.25) is 0 Å². The summed E-state index contributed by atoms with van der Waals surface area (Å²) in [5, 5.41) is 6.80. The summed E-state index contributed by atoms with van der Waals surface area (Å²) < 4.78 is 11.5. The highest BCUT2D eigenvalue weighted by molar-refractivity contribution is 5.91. The van der Waals surface area contributed by atoms with Crippen molar-refractivity contribution in [3.63, 3.8) is 0 Å². The van der Waals surface area contributed by atoms with Gasteiger partial charge in [-0.1, -0.05) is 24.3 Å². The second kappa shape index (κ2) is 10.8. The summed E-state index contributed by atoms with van der Waals surface area (Å²) >= 11 is 0. The number of ether oxygens (including phenoxy) is 2. The zero-order valence-corrected chi connectivity index (χ0v) is 16.6. The standard InChI is InChI=1S/C22H27N3O3/c1-5-10-18-13-17(14-20(27-6-2)21(18)28-7-3)15-23-25-22(26)24-19-12-9-8-11-16(19)4/h5,8-9,11-15H,1,6-7,10H2,2-4H3,(H2,24,25,26). The molecule has 0 atom stereocenters. The molecule has 28 heavy (non-hydrogen) atoms. The minimum atomic E-state index is -0.409. The summed E-state index contributed by atoms with van der Waals surface area (Å²) in [6, 6.07) is 10.9. The van der Waals surface area contributed by atoms with E-state index in [1.54, 1.807) is 6.21 Å². The first-order valence-corrected chi connectivity index (χ1v) is 9.28. The molecule has 6 nitrogen and oxygen atoms in total. The summed E-state index contributed by atoms with van der Waals surface area (Å²) in [5.74, 6) is 1.36. The molecule has 0 spiro atoms. The van der Waals surface area contributed by atoms with Crippen molar-refractivity contribution in [3.8, 4) is 11.5 Å². The summed E-state index contributed by atoms with van der Waals surface area (Å²) in [7, 11) is 0. The number of rotatable bonds is 9. The molecule has 0 aliphatic rings. The highest BCUT2D eigenvalue weighted by Crippen LogP contribution is 2.33. The molecule has 0 heterocycles. The lowest BCUT2D eigenvalue weighted by Gasteiger charge is -2.15. The molecule has 2 N–H and O–H groups in total. The highest BCUT2D eigenvalue weighted by Gasteiger charge is 2.12. The Balaban J connectivity index is 2.14. The molecule has 0 bridgehead atoms. The quantitative estimate of drug-likeness (QED) is 0.376. The van der Waals surface area contributed by atoms with Crippen LogP contribution >= 0.6 is 0 Å². The third-order valence-corrected chi connectivity index (χ3v) is 3.88. The van der Waals surface area contributed by atoms with Gasteiger partial charge in [0.25, 0.3) is 0 Å². The van der Waals surface area contributed by atoms with Crippen molar-refractivity contribution in [2.45, 2.75) is 27.2 Å². The van der Waals surface area contributed by atoms with Crippen molar-refractivity contribution in [2.75, 3.05) is 18.5 Å². The Morgan fingerprint density at radius 1 is 1.18 bits per heavy atom. The normalized spacial score (nSPS) is 10.5.